The molecule has 0 N–H and O–H groups in total. The molecule has 0 bridgehead atoms. The Labute approximate surface area is 153 Å². The summed E-state index contributed by atoms with van der Waals surface area (Å²) in [4.78, 5) is 0. The third-order valence-electron chi connectivity index (χ3n) is 8.42. The SMILES string of the molecule is CCCCCC(C1CC(C)C(C)CC1C)C1CC(C)C(C)CC1C. The molecule has 0 saturated heterocycles. The van der Waals surface area contributed by atoms with E-state index in [4.69, 9.17) is 0 Å². The summed E-state index contributed by atoms with van der Waals surface area (Å²) in [6, 6.07) is 0. The second-order valence-electron chi connectivity index (χ2n) is 10.3. The molecule has 8 unspecified atom stereocenters. The van der Waals surface area contributed by atoms with E-state index in [1.807, 2.05) is 0 Å². The van der Waals surface area contributed by atoms with Crippen LogP contribution in [-0.4, -0.2) is 0 Å². The maximum Gasteiger partial charge on any atom is -0.0352 e. The van der Waals surface area contributed by atoms with Crippen LogP contribution in [0.3, 0.4) is 0 Å². The molecule has 0 amide bonds. The Morgan fingerprint density at radius 3 is 1.42 bits per heavy atom. The summed E-state index contributed by atoms with van der Waals surface area (Å²) >= 11 is 0. The average molecular weight is 335 g/mol. The second-order valence-corrected chi connectivity index (χ2v) is 10.3. The molecule has 0 aromatic rings. The van der Waals surface area contributed by atoms with E-state index in [1.54, 1.807) is 0 Å². The van der Waals surface area contributed by atoms with Gasteiger partial charge in [-0.15, -0.1) is 0 Å². The molecule has 0 heteroatoms. The van der Waals surface area contributed by atoms with Crippen LogP contribution in [0.1, 0.15) is 99.8 Å². The standard InChI is InChI=1S/C24H46/c1-8-9-10-11-22(23-14-18(4)16(2)12-20(23)6)24-15-19(5)17(3)13-21(24)7/h16-24H,8-15H2,1-7H3. The van der Waals surface area contributed by atoms with Gasteiger partial charge >= 0.3 is 0 Å². The molecular formula is C24H46. The molecule has 2 saturated carbocycles. The zero-order chi connectivity index (χ0) is 17.9. The van der Waals surface area contributed by atoms with E-state index in [0.717, 1.165) is 53.3 Å². The number of rotatable bonds is 6. The van der Waals surface area contributed by atoms with Crippen molar-refractivity contribution in [3.8, 4) is 0 Å². The van der Waals surface area contributed by atoms with E-state index in [1.165, 1.54) is 51.4 Å². The Hall–Kier alpha value is 0. The molecule has 0 aromatic carbocycles. The van der Waals surface area contributed by atoms with E-state index in [9.17, 15) is 0 Å². The van der Waals surface area contributed by atoms with Gasteiger partial charge in [-0.05, 0) is 85.4 Å². The van der Waals surface area contributed by atoms with Gasteiger partial charge in [0.2, 0.25) is 0 Å². The fourth-order valence-electron chi connectivity index (χ4n) is 6.34. The first-order valence-electron chi connectivity index (χ1n) is 11.3. The summed E-state index contributed by atoms with van der Waals surface area (Å²) in [6.45, 7) is 17.6. The summed E-state index contributed by atoms with van der Waals surface area (Å²) in [6.07, 6.45) is 11.8. The number of hydrogen-bond acceptors (Lipinski definition) is 0. The summed E-state index contributed by atoms with van der Waals surface area (Å²) in [7, 11) is 0. The van der Waals surface area contributed by atoms with Gasteiger partial charge in [0.25, 0.3) is 0 Å². The monoisotopic (exact) mass is 334 g/mol. The Bertz CT molecular complexity index is 329. The minimum atomic E-state index is 0.940. The summed E-state index contributed by atoms with van der Waals surface area (Å²) in [5.74, 6) is 8.67. The van der Waals surface area contributed by atoms with E-state index in [-0.39, 0.29) is 0 Å². The van der Waals surface area contributed by atoms with E-state index in [0.29, 0.717) is 0 Å². The quantitative estimate of drug-likeness (QED) is 0.434. The number of hydrogen-bond donors (Lipinski definition) is 0. The van der Waals surface area contributed by atoms with Gasteiger partial charge in [0.05, 0.1) is 0 Å². The Morgan fingerprint density at radius 1 is 0.583 bits per heavy atom. The van der Waals surface area contributed by atoms with Crippen LogP contribution in [0.2, 0.25) is 0 Å². The van der Waals surface area contributed by atoms with Crippen molar-refractivity contribution in [1.29, 1.82) is 0 Å². The maximum absolute atomic E-state index is 2.58. The molecule has 2 rings (SSSR count). The highest BCUT2D eigenvalue weighted by Crippen LogP contribution is 2.50. The van der Waals surface area contributed by atoms with Crippen LogP contribution in [-0.2, 0) is 0 Å². The Balaban J connectivity index is 2.14. The van der Waals surface area contributed by atoms with Gasteiger partial charge in [0, 0.05) is 0 Å². The van der Waals surface area contributed by atoms with Crippen molar-refractivity contribution in [1.82, 2.24) is 0 Å². The maximum atomic E-state index is 2.58. The molecular weight excluding hydrogens is 288 g/mol. The van der Waals surface area contributed by atoms with Crippen LogP contribution in [0.4, 0.5) is 0 Å². The molecule has 2 aliphatic carbocycles. The Kier molecular flexibility index (Phi) is 7.69. The van der Waals surface area contributed by atoms with Gasteiger partial charge < -0.3 is 0 Å². The first-order valence-corrected chi connectivity index (χ1v) is 11.3. The molecule has 8 atom stereocenters. The predicted octanol–water partition coefficient (Wildman–Crippen LogP) is 7.82. The smallest absolute Gasteiger partial charge is 0.0352 e. The topological polar surface area (TPSA) is 0 Å². The predicted molar refractivity (Wildman–Crippen MR) is 108 cm³/mol. The zero-order valence-corrected chi connectivity index (χ0v) is 17.9. The molecule has 24 heavy (non-hydrogen) atoms. The summed E-state index contributed by atoms with van der Waals surface area (Å²) in [5, 5.41) is 0. The molecule has 0 radical (unpaired) electrons. The van der Waals surface area contributed by atoms with Gasteiger partial charge in [0.1, 0.15) is 0 Å². The minimum absolute atomic E-state index is 0.940. The fourth-order valence-corrected chi connectivity index (χ4v) is 6.34. The molecule has 0 nitrogen and oxygen atoms in total. The van der Waals surface area contributed by atoms with Crippen LogP contribution < -0.4 is 0 Å². The van der Waals surface area contributed by atoms with Crippen LogP contribution in [0.25, 0.3) is 0 Å². The lowest BCUT2D eigenvalue weighted by Crippen LogP contribution is -2.40. The van der Waals surface area contributed by atoms with Gasteiger partial charge in [-0.1, -0.05) is 67.7 Å². The van der Waals surface area contributed by atoms with Crippen molar-refractivity contribution < 1.29 is 0 Å². The van der Waals surface area contributed by atoms with Crippen molar-refractivity contribution in [2.24, 2.45) is 53.3 Å². The number of unbranched alkanes of at least 4 members (excludes halogenated alkanes) is 2. The average Bonchev–Trinajstić information content (AvgIpc) is 2.52. The summed E-state index contributed by atoms with van der Waals surface area (Å²) < 4.78 is 0. The van der Waals surface area contributed by atoms with E-state index >= 15 is 0 Å². The lowest BCUT2D eigenvalue weighted by atomic mass is 9.57. The van der Waals surface area contributed by atoms with Crippen molar-refractivity contribution in [2.75, 3.05) is 0 Å². The highest BCUT2D eigenvalue weighted by atomic mass is 14.5. The van der Waals surface area contributed by atoms with Crippen LogP contribution in [0, 0.1) is 53.3 Å². The lowest BCUT2D eigenvalue weighted by Gasteiger charge is -2.48. The normalized spacial score (nSPS) is 45.1. The first-order chi connectivity index (χ1) is 11.3. The Morgan fingerprint density at radius 2 is 1.00 bits per heavy atom. The van der Waals surface area contributed by atoms with Crippen LogP contribution in [0.15, 0.2) is 0 Å². The molecule has 2 fully saturated rings. The zero-order valence-electron chi connectivity index (χ0n) is 17.9. The molecule has 0 aromatic heterocycles. The molecule has 0 heterocycles. The van der Waals surface area contributed by atoms with E-state index < -0.39 is 0 Å². The third-order valence-corrected chi connectivity index (χ3v) is 8.42. The third kappa shape index (κ3) is 4.79. The molecule has 0 spiro atoms. The highest BCUT2D eigenvalue weighted by molar-refractivity contribution is 4.91. The fraction of sp³-hybridized carbons (Fsp3) is 1.00. The van der Waals surface area contributed by atoms with Crippen molar-refractivity contribution in [2.45, 2.75) is 99.8 Å². The molecule has 0 aliphatic heterocycles. The summed E-state index contributed by atoms with van der Waals surface area (Å²) in [5.41, 5.74) is 0. The molecule has 2 aliphatic rings. The largest absolute Gasteiger partial charge is 0.0654 e. The first kappa shape index (κ1) is 20.3. The van der Waals surface area contributed by atoms with Gasteiger partial charge in [-0.3, -0.25) is 0 Å². The highest BCUT2D eigenvalue weighted by Gasteiger charge is 2.42. The van der Waals surface area contributed by atoms with Gasteiger partial charge in [-0.25, -0.2) is 0 Å². The van der Waals surface area contributed by atoms with Gasteiger partial charge in [-0.2, -0.15) is 0 Å². The van der Waals surface area contributed by atoms with Crippen LogP contribution >= 0.6 is 0 Å². The van der Waals surface area contributed by atoms with Crippen molar-refractivity contribution in [3.05, 3.63) is 0 Å². The van der Waals surface area contributed by atoms with E-state index in [2.05, 4.69) is 48.5 Å². The minimum Gasteiger partial charge on any atom is -0.0654 e. The lowest BCUT2D eigenvalue weighted by molar-refractivity contribution is 0.00977. The molecule has 142 valence electrons. The van der Waals surface area contributed by atoms with Crippen molar-refractivity contribution in [3.63, 3.8) is 0 Å². The van der Waals surface area contributed by atoms with Crippen LogP contribution in [0.5, 0.6) is 0 Å². The van der Waals surface area contributed by atoms with Gasteiger partial charge in [0.15, 0.2) is 0 Å². The second kappa shape index (κ2) is 9.09. The van der Waals surface area contributed by atoms with Crippen molar-refractivity contribution >= 4 is 0 Å².